The van der Waals surface area contributed by atoms with Gasteiger partial charge in [-0.1, -0.05) is 13.8 Å². The van der Waals surface area contributed by atoms with Gasteiger partial charge < -0.3 is 9.88 Å². The van der Waals surface area contributed by atoms with Crippen molar-refractivity contribution in [1.82, 2.24) is 20.1 Å². The van der Waals surface area contributed by atoms with Crippen LogP contribution in [0.3, 0.4) is 0 Å². The molecule has 0 spiro atoms. The van der Waals surface area contributed by atoms with Crippen molar-refractivity contribution in [3.8, 4) is 0 Å². The molecule has 17 heavy (non-hydrogen) atoms. The lowest BCUT2D eigenvalue weighted by atomic mass is 9.75. The first kappa shape index (κ1) is 12.6. The molecule has 0 unspecified atom stereocenters. The average Bonchev–Trinajstić information content (AvgIpc) is 2.75. The molecule has 1 aliphatic carbocycles. The quantitative estimate of drug-likeness (QED) is 0.872. The average molecular weight is 236 g/mol. The van der Waals surface area contributed by atoms with Crippen LogP contribution in [0.2, 0.25) is 0 Å². The predicted molar refractivity (Wildman–Crippen MR) is 68.6 cm³/mol. The second-order valence-electron chi connectivity index (χ2n) is 5.85. The van der Waals surface area contributed by atoms with Crippen LogP contribution in [0.15, 0.2) is 6.33 Å². The van der Waals surface area contributed by atoms with E-state index in [0.717, 1.165) is 18.9 Å². The van der Waals surface area contributed by atoms with Crippen LogP contribution in [-0.4, -0.2) is 20.8 Å². The number of hydrogen-bond donors (Lipinski definition) is 1. The third kappa shape index (κ3) is 3.28. The van der Waals surface area contributed by atoms with Gasteiger partial charge >= 0.3 is 0 Å². The largest absolute Gasteiger partial charge is 0.317 e. The molecule has 4 nitrogen and oxygen atoms in total. The Bertz CT molecular complexity index is 346. The maximum atomic E-state index is 4.15. The molecule has 1 aliphatic rings. The number of aromatic nitrogens is 3. The van der Waals surface area contributed by atoms with Gasteiger partial charge in [0.2, 0.25) is 0 Å². The van der Waals surface area contributed by atoms with Gasteiger partial charge in [0, 0.05) is 12.6 Å². The molecule has 1 saturated carbocycles. The van der Waals surface area contributed by atoms with Crippen LogP contribution in [0.4, 0.5) is 0 Å². The fraction of sp³-hybridized carbons (Fsp3) is 0.846. The first-order valence-electron chi connectivity index (χ1n) is 6.71. The van der Waals surface area contributed by atoms with Crippen molar-refractivity contribution in [2.45, 2.75) is 65.6 Å². The maximum Gasteiger partial charge on any atom is 0.146 e. The second kappa shape index (κ2) is 5.17. The van der Waals surface area contributed by atoms with Crippen molar-refractivity contribution in [2.24, 2.45) is 5.41 Å². The smallest absolute Gasteiger partial charge is 0.146 e. The van der Waals surface area contributed by atoms with E-state index in [1.165, 1.54) is 25.7 Å². The zero-order chi connectivity index (χ0) is 12.3. The molecule has 0 aromatic carbocycles. The summed E-state index contributed by atoms with van der Waals surface area (Å²) in [5.41, 5.74) is 0.543. The molecule has 0 radical (unpaired) electrons. The van der Waals surface area contributed by atoms with Gasteiger partial charge in [0.05, 0.1) is 6.54 Å². The normalized spacial score (nSPS) is 20.6. The van der Waals surface area contributed by atoms with Crippen molar-refractivity contribution in [3.63, 3.8) is 0 Å². The summed E-state index contributed by atoms with van der Waals surface area (Å²) in [6, 6.07) is 0.657. The molecule has 1 aromatic heterocycles. The van der Waals surface area contributed by atoms with Crippen molar-refractivity contribution in [3.05, 3.63) is 12.2 Å². The summed E-state index contributed by atoms with van der Waals surface area (Å²) in [6.07, 6.45) is 7.03. The van der Waals surface area contributed by atoms with Crippen LogP contribution in [-0.2, 0) is 13.1 Å². The molecule has 1 heterocycles. The van der Waals surface area contributed by atoms with E-state index in [-0.39, 0.29) is 0 Å². The molecular formula is C13H24N4. The Morgan fingerprint density at radius 3 is 2.76 bits per heavy atom. The Morgan fingerprint density at radius 2 is 2.12 bits per heavy atom. The van der Waals surface area contributed by atoms with Crippen LogP contribution in [0, 0.1) is 5.41 Å². The first-order chi connectivity index (χ1) is 8.11. The fourth-order valence-electron chi connectivity index (χ4n) is 2.52. The van der Waals surface area contributed by atoms with Crippen molar-refractivity contribution in [1.29, 1.82) is 0 Å². The van der Waals surface area contributed by atoms with Crippen LogP contribution in [0.1, 0.15) is 52.3 Å². The van der Waals surface area contributed by atoms with E-state index in [0.29, 0.717) is 11.5 Å². The molecule has 0 amide bonds. The lowest BCUT2D eigenvalue weighted by molar-refractivity contribution is 0.205. The summed E-state index contributed by atoms with van der Waals surface area (Å²) in [6.45, 7) is 8.66. The molecule has 1 N–H and O–H groups in total. The standard InChI is InChI=1S/C13H24N4/c1-4-17-10-15-16-12(17)9-14-11-5-7-13(2,3)8-6-11/h10-11,14H,4-9H2,1-3H3. The Balaban J connectivity index is 1.80. The molecule has 1 fully saturated rings. The number of hydrogen-bond acceptors (Lipinski definition) is 3. The number of rotatable bonds is 4. The van der Waals surface area contributed by atoms with Gasteiger partial charge in [0.25, 0.3) is 0 Å². The maximum absolute atomic E-state index is 4.15. The van der Waals surface area contributed by atoms with Crippen LogP contribution in [0.5, 0.6) is 0 Å². The highest BCUT2D eigenvalue weighted by atomic mass is 15.3. The van der Waals surface area contributed by atoms with Crippen LogP contribution >= 0.6 is 0 Å². The Labute approximate surface area is 104 Å². The summed E-state index contributed by atoms with van der Waals surface area (Å²) < 4.78 is 2.10. The molecule has 0 aliphatic heterocycles. The third-order valence-electron chi connectivity index (χ3n) is 3.92. The topological polar surface area (TPSA) is 42.7 Å². The third-order valence-corrected chi connectivity index (χ3v) is 3.92. The van der Waals surface area contributed by atoms with Gasteiger partial charge in [-0.25, -0.2) is 0 Å². The number of nitrogens with zero attached hydrogens (tertiary/aromatic N) is 3. The van der Waals surface area contributed by atoms with E-state index in [4.69, 9.17) is 0 Å². The monoisotopic (exact) mass is 236 g/mol. The lowest BCUT2D eigenvalue weighted by Crippen LogP contribution is -2.35. The van der Waals surface area contributed by atoms with E-state index in [1.54, 1.807) is 6.33 Å². The Kier molecular flexibility index (Phi) is 3.82. The SMILES string of the molecule is CCn1cnnc1CNC1CCC(C)(C)CC1. The van der Waals surface area contributed by atoms with E-state index in [9.17, 15) is 0 Å². The molecule has 0 bridgehead atoms. The minimum absolute atomic E-state index is 0.543. The molecule has 0 saturated heterocycles. The fourth-order valence-corrected chi connectivity index (χ4v) is 2.52. The summed E-state index contributed by atoms with van der Waals surface area (Å²) in [4.78, 5) is 0. The molecule has 1 aromatic rings. The van der Waals surface area contributed by atoms with Gasteiger partial charge in [-0.15, -0.1) is 10.2 Å². The summed E-state index contributed by atoms with van der Waals surface area (Å²) in [5, 5.41) is 11.7. The van der Waals surface area contributed by atoms with E-state index in [1.807, 2.05) is 0 Å². The molecule has 4 heteroatoms. The highest BCUT2D eigenvalue weighted by Gasteiger charge is 2.26. The molecule has 0 atom stereocenters. The number of nitrogens with one attached hydrogen (secondary N) is 1. The zero-order valence-electron chi connectivity index (χ0n) is 11.2. The van der Waals surface area contributed by atoms with Crippen LogP contribution in [0.25, 0.3) is 0 Å². The summed E-state index contributed by atoms with van der Waals surface area (Å²) >= 11 is 0. The minimum atomic E-state index is 0.543. The van der Waals surface area contributed by atoms with Gasteiger partial charge in [-0.3, -0.25) is 0 Å². The van der Waals surface area contributed by atoms with Crippen molar-refractivity contribution < 1.29 is 0 Å². The Hall–Kier alpha value is -0.900. The highest BCUT2D eigenvalue weighted by Crippen LogP contribution is 2.34. The minimum Gasteiger partial charge on any atom is -0.317 e. The summed E-state index contributed by atoms with van der Waals surface area (Å²) in [7, 11) is 0. The van der Waals surface area contributed by atoms with Gasteiger partial charge in [0.1, 0.15) is 12.2 Å². The van der Waals surface area contributed by atoms with Crippen LogP contribution < -0.4 is 5.32 Å². The van der Waals surface area contributed by atoms with Crippen molar-refractivity contribution in [2.75, 3.05) is 0 Å². The first-order valence-corrected chi connectivity index (χ1v) is 6.71. The van der Waals surface area contributed by atoms with Gasteiger partial charge in [-0.2, -0.15) is 0 Å². The lowest BCUT2D eigenvalue weighted by Gasteiger charge is -2.34. The van der Waals surface area contributed by atoms with E-state index >= 15 is 0 Å². The summed E-state index contributed by atoms with van der Waals surface area (Å²) in [5.74, 6) is 1.05. The number of aryl methyl sites for hydroxylation is 1. The van der Waals surface area contributed by atoms with Gasteiger partial charge in [0.15, 0.2) is 0 Å². The molecular weight excluding hydrogens is 212 g/mol. The van der Waals surface area contributed by atoms with E-state index < -0.39 is 0 Å². The van der Waals surface area contributed by atoms with Gasteiger partial charge in [-0.05, 0) is 38.0 Å². The van der Waals surface area contributed by atoms with E-state index in [2.05, 4.69) is 40.9 Å². The second-order valence-corrected chi connectivity index (χ2v) is 5.85. The highest BCUT2D eigenvalue weighted by molar-refractivity contribution is 4.88. The van der Waals surface area contributed by atoms with Crippen molar-refractivity contribution >= 4 is 0 Å². The Morgan fingerprint density at radius 1 is 1.41 bits per heavy atom. The zero-order valence-corrected chi connectivity index (χ0v) is 11.2. The molecule has 96 valence electrons. The molecule has 2 rings (SSSR count). The predicted octanol–water partition coefficient (Wildman–Crippen LogP) is 2.36.